The van der Waals surface area contributed by atoms with Crippen molar-refractivity contribution in [3.05, 3.63) is 57.7 Å². The maximum atomic E-state index is 12.9. The molecule has 1 unspecified atom stereocenters. The number of rotatable bonds is 3. The summed E-state index contributed by atoms with van der Waals surface area (Å²) in [5.41, 5.74) is -0.345. The van der Waals surface area contributed by atoms with Crippen LogP contribution in [0.2, 0.25) is 10.0 Å². The monoisotopic (exact) mass is 488 g/mol. The molecule has 1 aromatic heterocycles. The van der Waals surface area contributed by atoms with Crippen LogP contribution in [-0.2, 0) is 6.18 Å². The number of aliphatic hydroxyl groups is 1. The van der Waals surface area contributed by atoms with Gasteiger partial charge in [0.1, 0.15) is 5.82 Å². The van der Waals surface area contributed by atoms with E-state index >= 15 is 0 Å². The van der Waals surface area contributed by atoms with E-state index in [0.717, 1.165) is 12.3 Å². The van der Waals surface area contributed by atoms with Crippen LogP contribution in [0.1, 0.15) is 15.9 Å². The first kappa shape index (κ1) is 23.1. The van der Waals surface area contributed by atoms with Crippen molar-refractivity contribution in [2.75, 3.05) is 44.2 Å². The number of aromatic nitrogens is 1. The first-order valence-electron chi connectivity index (χ1n) is 10.1. The lowest BCUT2D eigenvalue weighted by atomic mass is 10.1. The number of amides is 1. The summed E-state index contributed by atoms with van der Waals surface area (Å²) in [5.74, 6) is 0.147. The zero-order valence-electron chi connectivity index (χ0n) is 16.9. The third kappa shape index (κ3) is 4.80. The molecule has 1 amide bonds. The molecule has 6 nitrogen and oxygen atoms in total. The van der Waals surface area contributed by atoms with Gasteiger partial charge in [-0.15, -0.1) is 0 Å². The SMILES string of the molecule is O=C(c1ccc(Cl)cc1)N1CCN(C2CN(c3ncc(C(F)(F)F)cc3Cl)C[C@@H]2O)CC1. The number of piperazine rings is 1. The third-order valence-corrected chi connectivity index (χ3v) is 6.40. The Labute approximate surface area is 193 Å². The second-order valence-electron chi connectivity index (χ2n) is 7.90. The molecule has 0 radical (unpaired) electrons. The minimum atomic E-state index is -4.52. The number of aliphatic hydroxyl groups excluding tert-OH is 1. The zero-order chi connectivity index (χ0) is 23.0. The molecule has 1 N–H and O–H groups in total. The molecule has 0 spiro atoms. The Morgan fingerprint density at radius 2 is 1.72 bits per heavy atom. The Morgan fingerprint density at radius 3 is 2.31 bits per heavy atom. The summed E-state index contributed by atoms with van der Waals surface area (Å²) in [6, 6.07) is 7.35. The first-order valence-corrected chi connectivity index (χ1v) is 10.8. The molecule has 0 aliphatic carbocycles. The van der Waals surface area contributed by atoms with Gasteiger partial charge >= 0.3 is 6.18 Å². The molecule has 11 heteroatoms. The minimum absolute atomic E-state index is 0.0735. The van der Waals surface area contributed by atoms with Crippen LogP contribution in [0.15, 0.2) is 36.5 Å². The summed E-state index contributed by atoms with van der Waals surface area (Å²) in [7, 11) is 0. The molecule has 0 saturated carbocycles. The van der Waals surface area contributed by atoms with Gasteiger partial charge in [0.2, 0.25) is 0 Å². The molecule has 172 valence electrons. The summed E-state index contributed by atoms with van der Waals surface area (Å²) in [6.07, 6.45) is -4.48. The third-order valence-electron chi connectivity index (χ3n) is 5.87. The minimum Gasteiger partial charge on any atom is -0.390 e. The van der Waals surface area contributed by atoms with E-state index < -0.39 is 17.8 Å². The highest BCUT2D eigenvalue weighted by molar-refractivity contribution is 6.33. The Bertz CT molecular complexity index is 982. The number of alkyl halides is 3. The summed E-state index contributed by atoms with van der Waals surface area (Å²) >= 11 is 11.9. The van der Waals surface area contributed by atoms with Crippen molar-refractivity contribution in [3.63, 3.8) is 0 Å². The van der Waals surface area contributed by atoms with E-state index in [9.17, 15) is 23.1 Å². The molecule has 2 aliphatic rings. The van der Waals surface area contributed by atoms with E-state index in [1.165, 1.54) is 0 Å². The normalized spacial score (nSPS) is 22.4. The fraction of sp³-hybridized carbons (Fsp3) is 0.429. The predicted molar refractivity (Wildman–Crippen MR) is 115 cm³/mol. The molecule has 32 heavy (non-hydrogen) atoms. The molecule has 2 fully saturated rings. The van der Waals surface area contributed by atoms with Gasteiger partial charge in [-0.1, -0.05) is 23.2 Å². The molecule has 2 saturated heterocycles. The number of nitrogens with zero attached hydrogens (tertiary/aromatic N) is 4. The Kier molecular flexibility index (Phi) is 6.53. The second kappa shape index (κ2) is 9.05. The van der Waals surface area contributed by atoms with Gasteiger partial charge in [0, 0.05) is 56.1 Å². The van der Waals surface area contributed by atoms with Crippen molar-refractivity contribution < 1.29 is 23.1 Å². The molecular weight excluding hydrogens is 468 g/mol. The van der Waals surface area contributed by atoms with Crippen LogP contribution in [0.25, 0.3) is 0 Å². The molecule has 2 aromatic rings. The lowest BCUT2D eigenvalue weighted by Crippen LogP contribution is -2.54. The number of pyridine rings is 1. The molecule has 2 atom stereocenters. The number of halogens is 5. The van der Waals surface area contributed by atoms with Gasteiger partial charge in [0.05, 0.1) is 22.7 Å². The fourth-order valence-electron chi connectivity index (χ4n) is 4.15. The van der Waals surface area contributed by atoms with Crippen molar-refractivity contribution in [1.29, 1.82) is 0 Å². The first-order chi connectivity index (χ1) is 15.1. The van der Waals surface area contributed by atoms with Crippen molar-refractivity contribution in [1.82, 2.24) is 14.8 Å². The van der Waals surface area contributed by atoms with Gasteiger partial charge in [-0.25, -0.2) is 4.98 Å². The average Bonchev–Trinajstić information content (AvgIpc) is 3.14. The number of carbonyl (C=O) groups excluding carboxylic acids is 1. The van der Waals surface area contributed by atoms with E-state index in [2.05, 4.69) is 9.88 Å². The lowest BCUT2D eigenvalue weighted by molar-refractivity contribution is -0.137. The van der Waals surface area contributed by atoms with E-state index in [1.807, 2.05) is 0 Å². The fourth-order valence-corrected chi connectivity index (χ4v) is 4.56. The average molecular weight is 489 g/mol. The number of β-amino-alcohol motifs (C(OH)–C–C–N with tert-alkyl or cyclic N) is 1. The van der Waals surface area contributed by atoms with Gasteiger partial charge < -0.3 is 14.9 Å². The van der Waals surface area contributed by atoms with Crippen LogP contribution in [-0.4, -0.2) is 77.2 Å². The second-order valence-corrected chi connectivity index (χ2v) is 8.75. The van der Waals surface area contributed by atoms with Crippen LogP contribution in [0.4, 0.5) is 19.0 Å². The standard InChI is InChI=1S/C21H21Cl2F3N4O2/c22-15-3-1-13(2-4-15)20(32)29-7-5-28(6-8-29)17-11-30(12-18(17)31)19-16(23)9-14(10-27-19)21(24,25)26/h1-4,9-10,17-18,31H,5-8,11-12H2/t17?,18-/m0/s1. The van der Waals surface area contributed by atoms with Crippen LogP contribution in [0, 0.1) is 0 Å². The highest BCUT2D eigenvalue weighted by atomic mass is 35.5. The van der Waals surface area contributed by atoms with Crippen molar-refractivity contribution in [2.45, 2.75) is 18.3 Å². The Hall–Kier alpha value is -2.07. The smallest absolute Gasteiger partial charge is 0.390 e. The molecule has 1 aromatic carbocycles. The lowest BCUT2D eigenvalue weighted by Gasteiger charge is -2.38. The van der Waals surface area contributed by atoms with E-state index in [4.69, 9.17) is 23.2 Å². The number of anilines is 1. The van der Waals surface area contributed by atoms with Gasteiger partial charge in [-0.05, 0) is 30.3 Å². The number of benzene rings is 1. The highest BCUT2D eigenvalue weighted by Crippen LogP contribution is 2.35. The highest BCUT2D eigenvalue weighted by Gasteiger charge is 2.39. The van der Waals surface area contributed by atoms with E-state index in [0.29, 0.717) is 43.3 Å². The maximum Gasteiger partial charge on any atom is 0.417 e. The van der Waals surface area contributed by atoms with Crippen molar-refractivity contribution in [2.24, 2.45) is 0 Å². The van der Waals surface area contributed by atoms with Gasteiger partial charge in [0.15, 0.2) is 0 Å². The predicted octanol–water partition coefficient (Wildman–Crippen LogP) is 3.41. The Balaban J connectivity index is 1.38. The summed E-state index contributed by atoms with van der Waals surface area (Å²) in [6.45, 7) is 2.75. The molecule has 0 bridgehead atoms. The molecular formula is C21H21Cl2F3N4O2. The molecule has 2 aliphatic heterocycles. The Morgan fingerprint density at radius 1 is 1.06 bits per heavy atom. The van der Waals surface area contributed by atoms with Crippen LogP contribution >= 0.6 is 23.2 Å². The van der Waals surface area contributed by atoms with Crippen molar-refractivity contribution in [3.8, 4) is 0 Å². The summed E-state index contributed by atoms with van der Waals surface area (Å²) in [5, 5.41) is 11.1. The molecule has 3 heterocycles. The van der Waals surface area contributed by atoms with Crippen LogP contribution in [0.3, 0.4) is 0 Å². The number of hydrogen-bond donors (Lipinski definition) is 1. The topological polar surface area (TPSA) is 59.9 Å². The van der Waals surface area contributed by atoms with Crippen LogP contribution < -0.4 is 4.90 Å². The van der Waals surface area contributed by atoms with E-state index in [1.54, 1.807) is 34.1 Å². The van der Waals surface area contributed by atoms with Crippen LogP contribution in [0.5, 0.6) is 0 Å². The largest absolute Gasteiger partial charge is 0.417 e. The van der Waals surface area contributed by atoms with Crippen molar-refractivity contribution >= 4 is 34.9 Å². The maximum absolute atomic E-state index is 12.9. The quantitative estimate of drug-likeness (QED) is 0.717. The van der Waals surface area contributed by atoms with Gasteiger partial charge in [0.25, 0.3) is 5.91 Å². The zero-order valence-corrected chi connectivity index (χ0v) is 18.4. The van der Waals surface area contributed by atoms with E-state index in [-0.39, 0.29) is 29.3 Å². The van der Waals surface area contributed by atoms with Gasteiger partial charge in [-0.2, -0.15) is 13.2 Å². The van der Waals surface area contributed by atoms with Gasteiger partial charge in [-0.3, -0.25) is 9.69 Å². The number of carbonyl (C=O) groups is 1. The summed E-state index contributed by atoms with van der Waals surface area (Å²) in [4.78, 5) is 22.1. The molecule has 4 rings (SSSR count). The summed E-state index contributed by atoms with van der Waals surface area (Å²) < 4.78 is 38.6. The number of hydrogen-bond acceptors (Lipinski definition) is 5.